The van der Waals surface area contributed by atoms with Gasteiger partial charge in [0.1, 0.15) is 12.6 Å². The number of rotatable bonds is 14. The quantitative estimate of drug-likeness (QED) is 0.300. The maximum absolute atomic E-state index is 14.1. The Bertz CT molecular complexity index is 1410. The molecule has 0 fully saturated rings. The van der Waals surface area contributed by atoms with E-state index in [1.807, 2.05) is 45.0 Å². The number of sulfonamides is 1. The first-order valence-electron chi connectivity index (χ1n) is 13.6. The van der Waals surface area contributed by atoms with E-state index in [1.54, 1.807) is 30.3 Å². The van der Waals surface area contributed by atoms with Crippen LogP contribution in [0.1, 0.15) is 37.8 Å². The summed E-state index contributed by atoms with van der Waals surface area (Å²) in [5, 5.41) is 2.89. The third kappa shape index (κ3) is 7.79. The molecule has 0 aliphatic carbocycles. The lowest BCUT2D eigenvalue weighted by Gasteiger charge is -2.33. The van der Waals surface area contributed by atoms with Crippen molar-refractivity contribution >= 4 is 27.5 Å². The van der Waals surface area contributed by atoms with Crippen molar-refractivity contribution in [2.45, 2.75) is 51.1 Å². The fourth-order valence-electron chi connectivity index (χ4n) is 4.40. The Kier molecular flexibility index (Phi) is 11.2. The second kappa shape index (κ2) is 14.5. The van der Waals surface area contributed by atoms with E-state index in [1.165, 1.54) is 37.3 Å². The Balaban J connectivity index is 2.05. The number of nitrogens with one attached hydrogen (secondary N) is 1. The van der Waals surface area contributed by atoms with Crippen LogP contribution >= 0.6 is 0 Å². The highest BCUT2D eigenvalue weighted by atomic mass is 32.2. The van der Waals surface area contributed by atoms with Gasteiger partial charge in [-0.15, -0.1) is 0 Å². The molecule has 220 valence electrons. The molecule has 0 saturated carbocycles. The average molecular weight is 582 g/mol. The molecule has 3 aromatic carbocycles. The summed E-state index contributed by atoms with van der Waals surface area (Å²) in [6.07, 6.45) is 1.11. The zero-order valence-electron chi connectivity index (χ0n) is 24.3. The van der Waals surface area contributed by atoms with Gasteiger partial charge in [0.2, 0.25) is 11.8 Å². The summed E-state index contributed by atoms with van der Waals surface area (Å²) in [5.74, 6) is -0.157. The highest BCUT2D eigenvalue weighted by Gasteiger charge is 2.34. The number of ether oxygens (including phenoxy) is 2. The summed E-state index contributed by atoms with van der Waals surface area (Å²) in [6.45, 7) is 5.87. The van der Waals surface area contributed by atoms with Crippen molar-refractivity contribution in [2.75, 3.05) is 31.6 Å². The van der Waals surface area contributed by atoms with E-state index < -0.39 is 28.5 Å². The van der Waals surface area contributed by atoms with Crippen molar-refractivity contribution in [1.82, 2.24) is 10.2 Å². The van der Waals surface area contributed by atoms with Gasteiger partial charge in [0.05, 0.1) is 24.8 Å². The average Bonchev–Trinajstić information content (AvgIpc) is 2.99. The molecule has 2 amide bonds. The third-order valence-corrected chi connectivity index (χ3v) is 8.44. The van der Waals surface area contributed by atoms with Crippen LogP contribution in [0.3, 0.4) is 0 Å². The largest absolute Gasteiger partial charge is 0.493 e. The lowest BCUT2D eigenvalue weighted by atomic mass is 10.1. The van der Waals surface area contributed by atoms with Gasteiger partial charge < -0.3 is 19.7 Å². The predicted octanol–water partition coefficient (Wildman–Crippen LogP) is 4.54. The lowest BCUT2D eigenvalue weighted by Crippen LogP contribution is -2.52. The number of hydrogen-bond acceptors (Lipinski definition) is 6. The number of aryl methyl sites for hydroxylation is 1. The molecule has 41 heavy (non-hydrogen) atoms. The first kappa shape index (κ1) is 31.5. The summed E-state index contributed by atoms with van der Waals surface area (Å²) in [5.41, 5.74) is 2.21. The topological polar surface area (TPSA) is 105 Å². The molecule has 0 spiro atoms. The molecule has 0 unspecified atom stereocenters. The Morgan fingerprint density at radius 3 is 2.15 bits per heavy atom. The highest BCUT2D eigenvalue weighted by Crippen LogP contribution is 2.32. The van der Waals surface area contributed by atoms with Crippen LogP contribution in [-0.4, -0.2) is 58.5 Å². The molecule has 0 heterocycles. The van der Waals surface area contributed by atoms with Crippen molar-refractivity contribution in [1.29, 1.82) is 0 Å². The zero-order chi connectivity index (χ0) is 30.0. The number of benzene rings is 3. The molecule has 1 N–H and O–H groups in total. The molecule has 3 rings (SSSR count). The van der Waals surface area contributed by atoms with Crippen LogP contribution in [0, 0.1) is 6.92 Å². The van der Waals surface area contributed by atoms with Crippen LogP contribution in [0.4, 0.5) is 5.69 Å². The molecule has 0 aliphatic heterocycles. The number of methoxy groups -OCH3 is 2. The molecule has 0 aromatic heterocycles. The first-order chi connectivity index (χ1) is 19.7. The van der Waals surface area contributed by atoms with E-state index in [9.17, 15) is 18.0 Å². The standard InChI is InChI=1S/C31H39N3O6S/c1-6-19-32-31(36)27(7-2)33(21-24-15-13-23(3)14-16-24)30(35)22-34(25-11-9-8-10-12-25)41(37,38)26-17-18-28(39-4)29(20-26)40-5/h8-18,20,27H,6-7,19,21-22H2,1-5H3,(H,32,36)/t27-/m1/s1. The minimum atomic E-state index is -4.24. The summed E-state index contributed by atoms with van der Waals surface area (Å²) in [6, 6.07) is 19.6. The van der Waals surface area contributed by atoms with Crippen molar-refractivity contribution in [3.63, 3.8) is 0 Å². The van der Waals surface area contributed by atoms with Gasteiger partial charge in [0, 0.05) is 19.2 Å². The normalized spacial score (nSPS) is 11.8. The van der Waals surface area contributed by atoms with Crippen LogP contribution in [0.5, 0.6) is 11.5 Å². The number of nitrogens with zero attached hydrogens (tertiary/aromatic N) is 2. The molecule has 10 heteroatoms. The smallest absolute Gasteiger partial charge is 0.264 e. The van der Waals surface area contributed by atoms with Gasteiger partial charge in [-0.05, 0) is 49.6 Å². The van der Waals surface area contributed by atoms with Crippen LogP contribution in [0.2, 0.25) is 0 Å². The summed E-state index contributed by atoms with van der Waals surface area (Å²) >= 11 is 0. The van der Waals surface area contributed by atoms with E-state index in [4.69, 9.17) is 9.47 Å². The molecule has 0 bridgehead atoms. The second-order valence-electron chi connectivity index (χ2n) is 9.59. The number of amides is 2. The summed E-state index contributed by atoms with van der Waals surface area (Å²) in [4.78, 5) is 28.6. The molecule has 1 atom stereocenters. The highest BCUT2D eigenvalue weighted by molar-refractivity contribution is 7.92. The minimum absolute atomic E-state index is 0.0652. The summed E-state index contributed by atoms with van der Waals surface area (Å²) in [7, 11) is -1.35. The third-order valence-electron chi connectivity index (χ3n) is 6.67. The van der Waals surface area contributed by atoms with Gasteiger partial charge in [-0.25, -0.2) is 8.42 Å². The van der Waals surface area contributed by atoms with Gasteiger partial charge in [0.25, 0.3) is 10.0 Å². The Labute approximate surface area is 243 Å². The number of carbonyl (C=O) groups excluding carboxylic acids is 2. The molecule has 9 nitrogen and oxygen atoms in total. The van der Waals surface area contributed by atoms with E-state index in [2.05, 4.69) is 5.32 Å². The zero-order valence-corrected chi connectivity index (χ0v) is 25.1. The lowest BCUT2D eigenvalue weighted by molar-refractivity contribution is -0.140. The van der Waals surface area contributed by atoms with E-state index in [-0.39, 0.29) is 23.1 Å². The number of carbonyl (C=O) groups is 2. The SMILES string of the molecule is CCCNC(=O)[C@@H](CC)N(Cc1ccc(C)cc1)C(=O)CN(c1ccccc1)S(=O)(=O)c1ccc(OC)c(OC)c1. The van der Waals surface area contributed by atoms with Crippen molar-refractivity contribution in [3.8, 4) is 11.5 Å². The predicted molar refractivity (Wildman–Crippen MR) is 160 cm³/mol. The number of hydrogen-bond donors (Lipinski definition) is 1. The first-order valence-corrected chi connectivity index (χ1v) is 15.0. The van der Waals surface area contributed by atoms with Crippen LogP contribution in [0.15, 0.2) is 77.7 Å². The Morgan fingerprint density at radius 1 is 0.902 bits per heavy atom. The minimum Gasteiger partial charge on any atom is -0.493 e. The number of anilines is 1. The maximum Gasteiger partial charge on any atom is 0.264 e. The van der Waals surface area contributed by atoms with Crippen LogP contribution < -0.4 is 19.1 Å². The van der Waals surface area contributed by atoms with Crippen molar-refractivity contribution in [3.05, 3.63) is 83.9 Å². The maximum atomic E-state index is 14.1. The molecular weight excluding hydrogens is 542 g/mol. The van der Waals surface area contributed by atoms with Crippen LogP contribution in [-0.2, 0) is 26.2 Å². The van der Waals surface area contributed by atoms with Gasteiger partial charge in [-0.3, -0.25) is 13.9 Å². The van der Waals surface area contributed by atoms with Crippen molar-refractivity contribution < 1.29 is 27.5 Å². The monoisotopic (exact) mass is 581 g/mol. The fraction of sp³-hybridized carbons (Fsp3) is 0.355. The van der Waals surface area contributed by atoms with E-state index in [0.29, 0.717) is 24.4 Å². The molecule has 0 saturated heterocycles. The molecule has 0 radical (unpaired) electrons. The van der Waals surface area contributed by atoms with Crippen molar-refractivity contribution in [2.24, 2.45) is 0 Å². The van der Waals surface area contributed by atoms with E-state index in [0.717, 1.165) is 21.9 Å². The Morgan fingerprint density at radius 2 is 1.56 bits per heavy atom. The fourth-order valence-corrected chi connectivity index (χ4v) is 5.83. The van der Waals surface area contributed by atoms with Gasteiger partial charge >= 0.3 is 0 Å². The molecular formula is C31H39N3O6S. The number of para-hydroxylation sites is 1. The molecule has 3 aromatic rings. The van der Waals surface area contributed by atoms with Gasteiger partial charge in [0.15, 0.2) is 11.5 Å². The molecule has 0 aliphatic rings. The second-order valence-corrected chi connectivity index (χ2v) is 11.4. The van der Waals surface area contributed by atoms with Crippen LogP contribution in [0.25, 0.3) is 0 Å². The van der Waals surface area contributed by atoms with E-state index >= 15 is 0 Å². The van der Waals surface area contributed by atoms with Gasteiger partial charge in [-0.2, -0.15) is 0 Å². The Hall–Kier alpha value is -4.05. The van der Waals surface area contributed by atoms with Gasteiger partial charge in [-0.1, -0.05) is 61.9 Å². The summed E-state index contributed by atoms with van der Waals surface area (Å²) < 4.78 is 39.8.